The lowest BCUT2D eigenvalue weighted by Crippen LogP contribution is -2.28. The fraction of sp³-hybridized carbons (Fsp3) is 0.500. The highest BCUT2D eigenvalue weighted by molar-refractivity contribution is 5.37. The van der Waals surface area contributed by atoms with Gasteiger partial charge in [0.25, 0.3) is 0 Å². The van der Waals surface area contributed by atoms with E-state index in [1.165, 1.54) is 18.4 Å². The van der Waals surface area contributed by atoms with Crippen molar-refractivity contribution in [3.05, 3.63) is 35.4 Å². The molecular formula is C16H24N2. The quantitative estimate of drug-likeness (QED) is 0.807. The number of hydrogen-bond acceptors (Lipinski definition) is 2. The number of rotatable bonds is 5. The molecule has 98 valence electrons. The molecule has 0 aliphatic carbocycles. The molecule has 0 heterocycles. The Morgan fingerprint density at radius 2 is 2.17 bits per heavy atom. The molecule has 2 N–H and O–H groups in total. The molecule has 2 nitrogen and oxygen atoms in total. The van der Waals surface area contributed by atoms with Crippen LogP contribution in [0.3, 0.4) is 0 Å². The van der Waals surface area contributed by atoms with Crippen LogP contribution < -0.4 is 5.73 Å². The molecular weight excluding hydrogens is 220 g/mol. The molecule has 0 radical (unpaired) electrons. The van der Waals surface area contributed by atoms with Crippen molar-refractivity contribution in [2.24, 2.45) is 5.73 Å². The van der Waals surface area contributed by atoms with E-state index in [0.29, 0.717) is 12.6 Å². The van der Waals surface area contributed by atoms with Crippen molar-refractivity contribution in [2.75, 3.05) is 13.6 Å². The molecule has 1 aromatic rings. The van der Waals surface area contributed by atoms with Gasteiger partial charge in [0.1, 0.15) is 0 Å². The first kappa shape index (κ1) is 14.8. The minimum absolute atomic E-state index is 0.414. The van der Waals surface area contributed by atoms with Crippen molar-refractivity contribution in [3.8, 4) is 11.8 Å². The molecule has 18 heavy (non-hydrogen) atoms. The van der Waals surface area contributed by atoms with E-state index < -0.39 is 0 Å². The third kappa shape index (κ3) is 4.91. The molecule has 0 aromatic heterocycles. The van der Waals surface area contributed by atoms with Crippen LogP contribution in [0.15, 0.2) is 24.3 Å². The van der Waals surface area contributed by atoms with E-state index in [1.807, 2.05) is 6.07 Å². The maximum absolute atomic E-state index is 5.39. The van der Waals surface area contributed by atoms with Gasteiger partial charge in [-0.15, -0.1) is 0 Å². The third-order valence-electron chi connectivity index (χ3n) is 3.15. The Kier molecular flexibility index (Phi) is 6.49. The van der Waals surface area contributed by atoms with Crippen LogP contribution in [0.4, 0.5) is 0 Å². The van der Waals surface area contributed by atoms with E-state index in [-0.39, 0.29) is 0 Å². The second-order valence-electron chi connectivity index (χ2n) is 4.76. The second-order valence-corrected chi connectivity index (χ2v) is 4.76. The van der Waals surface area contributed by atoms with Crippen molar-refractivity contribution in [1.29, 1.82) is 0 Å². The van der Waals surface area contributed by atoms with Crippen molar-refractivity contribution in [2.45, 2.75) is 39.3 Å². The topological polar surface area (TPSA) is 29.3 Å². The lowest BCUT2D eigenvalue weighted by molar-refractivity contribution is 0.237. The molecule has 0 spiro atoms. The first-order chi connectivity index (χ1) is 8.67. The van der Waals surface area contributed by atoms with Gasteiger partial charge in [-0.05, 0) is 38.1 Å². The van der Waals surface area contributed by atoms with Crippen molar-refractivity contribution in [3.63, 3.8) is 0 Å². The number of nitrogens with two attached hydrogens (primary N) is 1. The number of benzene rings is 1. The fourth-order valence-electron chi connectivity index (χ4n) is 1.98. The summed E-state index contributed by atoms with van der Waals surface area (Å²) in [4.78, 5) is 2.39. The lowest BCUT2D eigenvalue weighted by atomic mass is 10.1. The first-order valence-electron chi connectivity index (χ1n) is 6.65. The van der Waals surface area contributed by atoms with E-state index in [1.54, 1.807) is 0 Å². The maximum Gasteiger partial charge on any atom is 0.0555 e. The van der Waals surface area contributed by atoms with Crippen molar-refractivity contribution < 1.29 is 0 Å². The summed E-state index contributed by atoms with van der Waals surface area (Å²) in [5.74, 6) is 5.97. The van der Waals surface area contributed by atoms with E-state index in [4.69, 9.17) is 5.73 Å². The summed E-state index contributed by atoms with van der Waals surface area (Å²) in [5, 5.41) is 0. The van der Waals surface area contributed by atoms with Gasteiger partial charge in [-0.1, -0.05) is 37.3 Å². The van der Waals surface area contributed by atoms with Crippen LogP contribution in [0, 0.1) is 11.8 Å². The third-order valence-corrected chi connectivity index (χ3v) is 3.15. The highest BCUT2D eigenvalue weighted by atomic mass is 15.1. The van der Waals surface area contributed by atoms with Crippen LogP contribution in [0.5, 0.6) is 0 Å². The van der Waals surface area contributed by atoms with Gasteiger partial charge in [0.05, 0.1) is 6.54 Å². The first-order valence-corrected chi connectivity index (χ1v) is 6.65. The van der Waals surface area contributed by atoms with Gasteiger partial charge in [0.2, 0.25) is 0 Å². The largest absolute Gasteiger partial charge is 0.320 e. The number of nitrogens with zero attached hydrogens (tertiary/aromatic N) is 1. The average molecular weight is 244 g/mol. The summed E-state index contributed by atoms with van der Waals surface area (Å²) in [6, 6.07) is 9.02. The Balaban J connectivity index is 2.67. The average Bonchev–Trinajstić information content (AvgIpc) is 2.37. The van der Waals surface area contributed by atoms with Gasteiger partial charge in [-0.3, -0.25) is 4.90 Å². The summed E-state index contributed by atoms with van der Waals surface area (Å²) in [6.45, 7) is 5.89. The van der Waals surface area contributed by atoms with E-state index in [9.17, 15) is 0 Å². The SMILES string of the molecule is CCCC(C)N(C)Cc1cccc(C#CCN)c1. The van der Waals surface area contributed by atoms with Crippen LogP contribution in [-0.2, 0) is 6.54 Å². The zero-order chi connectivity index (χ0) is 13.4. The van der Waals surface area contributed by atoms with Gasteiger partial charge < -0.3 is 5.73 Å². The zero-order valence-corrected chi connectivity index (χ0v) is 11.7. The molecule has 1 aromatic carbocycles. The molecule has 0 bridgehead atoms. The Hall–Kier alpha value is -1.30. The summed E-state index contributed by atoms with van der Waals surface area (Å²) in [5.41, 5.74) is 7.75. The predicted molar refractivity (Wildman–Crippen MR) is 78.2 cm³/mol. The summed E-state index contributed by atoms with van der Waals surface area (Å²) >= 11 is 0. The molecule has 2 heteroatoms. The number of hydrogen-bond donors (Lipinski definition) is 1. The molecule has 0 saturated heterocycles. The Morgan fingerprint density at radius 1 is 1.39 bits per heavy atom. The summed E-state index contributed by atoms with van der Waals surface area (Å²) in [6.07, 6.45) is 2.47. The second kappa shape index (κ2) is 7.92. The smallest absolute Gasteiger partial charge is 0.0555 e. The van der Waals surface area contributed by atoms with E-state index in [2.05, 4.69) is 55.8 Å². The monoisotopic (exact) mass is 244 g/mol. The predicted octanol–water partition coefficient (Wildman–Crippen LogP) is 2.62. The minimum atomic E-state index is 0.414. The van der Waals surface area contributed by atoms with Crippen LogP contribution in [0.25, 0.3) is 0 Å². The lowest BCUT2D eigenvalue weighted by Gasteiger charge is -2.24. The highest BCUT2D eigenvalue weighted by Gasteiger charge is 2.08. The van der Waals surface area contributed by atoms with Crippen LogP contribution in [0.1, 0.15) is 37.8 Å². The Labute approximate surface area is 111 Å². The van der Waals surface area contributed by atoms with Gasteiger partial charge in [-0.2, -0.15) is 0 Å². The van der Waals surface area contributed by atoms with Gasteiger partial charge in [-0.25, -0.2) is 0 Å². The standard InChI is InChI=1S/C16H24N2/c1-4-7-14(2)18(3)13-16-9-5-8-15(12-16)10-6-11-17/h5,8-9,12,14H,4,7,11,13,17H2,1-3H3. The summed E-state index contributed by atoms with van der Waals surface area (Å²) in [7, 11) is 2.18. The van der Waals surface area contributed by atoms with Gasteiger partial charge in [0, 0.05) is 18.2 Å². The summed E-state index contributed by atoms with van der Waals surface area (Å²) < 4.78 is 0. The zero-order valence-electron chi connectivity index (χ0n) is 11.7. The maximum atomic E-state index is 5.39. The molecule has 1 atom stereocenters. The van der Waals surface area contributed by atoms with E-state index >= 15 is 0 Å². The highest BCUT2D eigenvalue weighted by Crippen LogP contribution is 2.11. The van der Waals surface area contributed by atoms with E-state index in [0.717, 1.165) is 12.1 Å². The van der Waals surface area contributed by atoms with Gasteiger partial charge >= 0.3 is 0 Å². The Bertz CT molecular complexity index is 415. The van der Waals surface area contributed by atoms with Crippen LogP contribution >= 0.6 is 0 Å². The molecule has 0 aliphatic heterocycles. The fourth-order valence-corrected chi connectivity index (χ4v) is 1.98. The minimum Gasteiger partial charge on any atom is -0.320 e. The molecule has 0 aliphatic rings. The van der Waals surface area contributed by atoms with Crippen LogP contribution in [0.2, 0.25) is 0 Å². The van der Waals surface area contributed by atoms with Crippen molar-refractivity contribution >= 4 is 0 Å². The molecule has 0 fully saturated rings. The Morgan fingerprint density at radius 3 is 2.83 bits per heavy atom. The normalized spacial score (nSPS) is 12.1. The molecule has 1 rings (SSSR count). The molecule has 0 amide bonds. The molecule has 0 saturated carbocycles. The van der Waals surface area contributed by atoms with Gasteiger partial charge in [0.15, 0.2) is 0 Å². The van der Waals surface area contributed by atoms with Crippen LogP contribution in [-0.4, -0.2) is 24.5 Å². The van der Waals surface area contributed by atoms with Crippen molar-refractivity contribution in [1.82, 2.24) is 4.90 Å². The molecule has 1 unspecified atom stereocenters.